The van der Waals surface area contributed by atoms with Crippen molar-refractivity contribution in [2.45, 2.75) is 32.1 Å². The molecule has 0 aliphatic carbocycles. The predicted octanol–water partition coefficient (Wildman–Crippen LogP) is 2.08. The number of ether oxygens (including phenoxy) is 1. The molecule has 1 N–H and O–H groups in total. The van der Waals surface area contributed by atoms with E-state index in [0.29, 0.717) is 0 Å². The first-order valence-electron chi connectivity index (χ1n) is 5.52. The highest BCUT2D eigenvalue weighted by atomic mass is 32.2. The average molecular weight is 257 g/mol. The first-order chi connectivity index (χ1) is 7.86. The lowest BCUT2D eigenvalue weighted by atomic mass is 10.1. The largest absolute Gasteiger partial charge is 0.497 e. The maximum absolute atomic E-state index is 11.7. The molecule has 96 valence electrons. The molecule has 4 nitrogen and oxygen atoms in total. The van der Waals surface area contributed by atoms with E-state index in [-0.39, 0.29) is 6.04 Å². The molecule has 17 heavy (non-hydrogen) atoms. The van der Waals surface area contributed by atoms with Gasteiger partial charge in [0.1, 0.15) is 5.75 Å². The second kappa shape index (κ2) is 5.51. The van der Waals surface area contributed by atoms with Crippen LogP contribution in [0.15, 0.2) is 24.3 Å². The van der Waals surface area contributed by atoms with Crippen LogP contribution >= 0.6 is 0 Å². The summed E-state index contributed by atoms with van der Waals surface area (Å²) in [6.45, 7) is 5.12. The highest BCUT2D eigenvalue weighted by molar-refractivity contribution is 7.90. The second-order valence-electron chi connectivity index (χ2n) is 4.21. The van der Waals surface area contributed by atoms with Crippen molar-refractivity contribution in [2.75, 3.05) is 7.11 Å². The third-order valence-corrected chi connectivity index (χ3v) is 4.48. The van der Waals surface area contributed by atoms with Crippen LogP contribution in [0.4, 0.5) is 0 Å². The Kier molecular flexibility index (Phi) is 4.54. The minimum absolute atomic E-state index is 0.266. The Morgan fingerprint density at radius 1 is 1.24 bits per heavy atom. The van der Waals surface area contributed by atoms with Crippen molar-refractivity contribution < 1.29 is 13.2 Å². The molecule has 1 aromatic rings. The molecule has 0 amide bonds. The maximum atomic E-state index is 11.7. The monoisotopic (exact) mass is 257 g/mol. The molecule has 1 rings (SSSR count). The fourth-order valence-corrected chi connectivity index (χ4v) is 2.26. The van der Waals surface area contributed by atoms with E-state index in [1.165, 1.54) is 0 Å². The quantitative estimate of drug-likeness (QED) is 0.878. The summed E-state index contributed by atoms with van der Waals surface area (Å²) in [5, 5.41) is -0.435. The van der Waals surface area contributed by atoms with E-state index in [1.54, 1.807) is 21.0 Å². The van der Waals surface area contributed by atoms with E-state index in [9.17, 15) is 8.42 Å². The van der Waals surface area contributed by atoms with Crippen LogP contribution in [0.2, 0.25) is 0 Å². The molecule has 5 heteroatoms. The van der Waals surface area contributed by atoms with Crippen LogP contribution in [0.5, 0.6) is 5.75 Å². The fourth-order valence-electron chi connectivity index (χ4n) is 1.36. The Morgan fingerprint density at radius 2 is 1.88 bits per heavy atom. The molecule has 0 aromatic heterocycles. The van der Waals surface area contributed by atoms with Gasteiger partial charge in [0.25, 0.3) is 0 Å². The van der Waals surface area contributed by atoms with Crippen molar-refractivity contribution >= 4 is 10.0 Å². The lowest BCUT2D eigenvalue weighted by Gasteiger charge is -2.17. The lowest BCUT2D eigenvalue weighted by molar-refractivity contribution is 0.413. The number of hydrogen-bond acceptors (Lipinski definition) is 3. The Hall–Kier alpha value is -1.07. The van der Waals surface area contributed by atoms with E-state index in [1.807, 2.05) is 31.2 Å². The minimum Gasteiger partial charge on any atom is -0.497 e. The van der Waals surface area contributed by atoms with Crippen LogP contribution in [0.3, 0.4) is 0 Å². The van der Waals surface area contributed by atoms with Crippen molar-refractivity contribution in [3.05, 3.63) is 29.8 Å². The highest BCUT2D eigenvalue weighted by Crippen LogP contribution is 2.19. The Morgan fingerprint density at radius 3 is 2.41 bits per heavy atom. The van der Waals surface area contributed by atoms with Crippen LogP contribution < -0.4 is 9.46 Å². The third kappa shape index (κ3) is 3.71. The van der Waals surface area contributed by atoms with E-state index in [4.69, 9.17) is 4.74 Å². The molecule has 0 fully saturated rings. The maximum Gasteiger partial charge on any atom is 0.214 e. The van der Waals surface area contributed by atoms with E-state index >= 15 is 0 Å². The zero-order chi connectivity index (χ0) is 13.1. The van der Waals surface area contributed by atoms with Gasteiger partial charge in [-0.1, -0.05) is 12.1 Å². The molecular weight excluding hydrogens is 238 g/mol. The zero-order valence-corrected chi connectivity index (χ0v) is 11.4. The van der Waals surface area contributed by atoms with Gasteiger partial charge in [0.2, 0.25) is 10.0 Å². The standard InChI is InChI=1S/C12H19NO3S/c1-9(2)17(14,15)13-10(3)11-6-5-7-12(8-11)16-4/h5-10,13H,1-4H3. The average Bonchev–Trinajstić information content (AvgIpc) is 2.28. The van der Waals surface area contributed by atoms with E-state index in [2.05, 4.69) is 4.72 Å². The normalized spacial score (nSPS) is 13.7. The van der Waals surface area contributed by atoms with Crippen molar-refractivity contribution in [3.8, 4) is 5.75 Å². The minimum atomic E-state index is -3.26. The molecule has 0 saturated heterocycles. The summed E-state index contributed by atoms with van der Waals surface area (Å²) in [5.41, 5.74) is 0.883. The molecule has 0 bridgehead atoms. The van der Waals surface area contributed by atoms with Crippen LogP contribution in [0.25, 0.3) is 0 Å². The van der Waals surface area contributed by atoms with Crippen molar-refractivity contribution in [3.63, 3.8) is 0 Å². The van der Waals surface area contributed by atoms with Gasteiger partial charge in [-0.2, -0.15) is 0 Å². The summed E-state index contributed by atoms with van der Waals surface area (Å²) in [6, 6.07) is 7.10. The molecule has 1 atom stereocenters. The summed E-state index contributed by atoms with van der Waals surface area (Å²) < 4.78 is 31.2. The van der Waals surface area contributed by atoms with E-state index in [0.717, 1.165) is 11.3 Å². The first-order valence-corrected chi connectivity index (χ1v) is 7.06. The summed E-state index contributed by atoms with van der Waals surface area (Å²) in [5.74, 6) is 0.720. The topological polar surface area (TPSA) is 55.4 Å². The number of benzene rings is 1. The number of methoxy groups -OCH3 is 1. The summed E-state index contributed by atoms with van der Waals surface area (Å²) in [7, 11) is -1.67. The van der Waals surface area contributed by atoms with Gasteiger partial charge in [-0.05, 0) is 38.5 Å². The Balaban J connectivity index is 2.86. The molecule has 0 saturated carbocycles. The molecule has 1 aromatic carbocycles. The summed E-state index contributed by atoms with van der Waals surface area (Å²) >= 11 is 0. The van der Waals surface area contributed by atoms with Crippen LogP contribution in [0, 0.1) is 0 Å². The van der Waals surface area contributed by atoms with Gasteiger partial charge >= 0.3 is 0 Å². The number of rotatable bonds is 5. The number of sulfonamides is 1. The van der Waals surface area contributed by atoms with Gasteiger partial charge in [-0.25, -0.2) is 13.1 Å². The Labute approximate surface area is 103 Å². The highest BCUT2D eigenvalue weighted by Gasteiger charge is 2.19. The first kappa shape index (κ1) is 14.0. The molecule has 0 aliphatic heterocycles. The van der Waals surface area contributed by atoms with Crippen molar-refractivity contribution in [2.24, 2.45) is 0 Å². The van der Waals surface area contributed by atoms with Gasteiger partial charge in [-0.15, -0.1) is 0 Å². The van der Waals surface area contributed by atoms with Crippen molar-refractivity contribution in [1.29, 1.82) is 0 Å². The zero-order valence-electron chi connectivity index (χ0n) is 10.6. The molecular formula is C12H19NO3S. The van der Waals surface area contributed by atoms with Gasteiger partial charge < -0.3 is 4.74 Å². The lowest BCUT2D eigenvalue weighted by Crippen LogP contribution is -2.32. The van der Waals surface area contributed by atoms with Crippen LogP contribution in [0.1, 0.15) is 32.4 Å². The molecule has 0 spiro atoms. The Bertz CT molecular complexity index is 468. The fraction of sp³-hybridized carbons (Fsp3) is 0.500. The molecule has 0 radical (unpaired) electrons. The molecule has 0 aliphatic rings. The summed E-state index contributed by atoms with van der Waals surface area (Å²) in [4.78, 5) is 0. The number of hydrogen-bond donors (Lipinski definition) is 1. The smallest absolute Gasteiger partial charge is 0.214 e. The predicted molar refractivity (Wildman–Crippen MR) is 68.6 cm³/mol. The van der Waals surface area contributed by atoms with Gasteiger partial charge in [0.05, 0.1) is 12.4 Å². The molecule has 1 unspecified atom stereocenters. The number of nitrogens with one attached hydrogen (secondary N) is 1. The molecule has 0 heterocycles. The van der Waals surface area contributed by atoms with E-state index < -0.39 is 15.3 Å². The van der Waals surface area contributed by atoms with Gasteiger partial charge in [0.15, 0.2) is 0 Å². The van der Waals surface area contributed by atoms with Gasteiger partial charge in [0, 0.05) is 6.04 Å². The summed E-state index contributed by atoms with van der Waals surface area (Å²) in [6.07, 6.45) is 0. The van der Waals surface area contributed by atoms with Crippen molar-refractivity contribution in [1.82, 2.24) is 4.72 Å². The van der Waals surface area contributed by atoms with Crippen LogP contribution in [-0.2, 0) is 10.0 Å². The van der Waals surface area contributed by atoms with Gasteiger partial charge in [-0.3, -0.25) is 0 Å². The second-order valence-corrected chi connectivity index (χ2v) is 6.48. The third-order valence-electron chi connectivity index (χ3n) is 2.56. The van der Waals surface area contributed by atoms with Crippen LogP contribution in [-0.4, -0.2) is 20.8 Å². The SMILES string of the molecule is COc1cccc(C(C)NS(=O)(=O)C(C)C)c1.